The predicted octanol–water partition coefficient (Wildman–Crippen LogP) is 3.02. The Morgan fingerprint density at radius 3 is 2.20 bits per heavy atom. The Morgan fingerprint density at radius 2 is 1.71 bits per heavy atom. The van der Waals surface area contributed by atoms with Crippen LogP contribution >= 0.6 is 0 Å². The first-order valence-corrected chi connectivity index (χ1v) is 11.1. The summed E-state index contributed by atoms with van der Waals surface area (Å²) < 4.78 is 36.9. The zero-order valence-corrected chi connectivity index (χ0v) is 19.5. The van der Waals surface area contributed by atoms with E-state index in [0.29, 0.717) is 23.4 Å². The Bertz CT molecular complexity index is 1040. The zero-order valence-electron chi connectivity index (χ0n) is 19.5. The number of carboxylic acids is 1. The van der Waals surface area contributed by atoms with E-state index < -0.39 is 12.1 Å². The normalized spacial score (nSPS) is 17.2. The van der Waals surface area contributed by atoms with Crippen LogP contribution in [0, 0.1) is 19.3 Å². The fourth-order valence-electron chi connectivity index (χ4n) is 4.48. The number of hydrogen-bond acceptors (Lipinski definition) is 6. The quantitative estimate of drug-likeness (QED) is 0.694. The van der Waals surface area contributed by atoms with E-state index in [9.17, 15) is 22.8 Å². The predicted molar refractivity (Wildman–Crippen MR) is 116 cm³/mol. The second-order valence-corrected chi connectivity index (χ2v) is 8.90. The summed E-state index contributed by atoms with van der Waals surface area (Å²) in [4.78, 5) is 42.4. The molecule has 1 N–H and O–H groups in total. The van der Waals surface area contributed by atoms with Crippen molar-refractivity contribution in [1.82, 2.24) is 19.9 Å². The monoisotopic (exact) mass is 496 g/mol. The van der Waals surface area contributed by atoms with Gasteiger partial charge in [0.05, 0.1) is 12.1 Å². The summed E-state index contributed by atoms with van der Waals surface area (Å²) in [7, 11) is 0. The maximum absolute atomic E-state index is 12.9. The van der Waals surface area contributed by atoms with Gasteiger partial charge in [-0.25, -0.2) is 4.79 Å². The molecule has 2 aliphatic rings. The highest BCUT2D eigenvalue weighted by atomic mass is 19.4. The average Bonchev–Trinajstić information content (AvgIpc) is 3.37. The Kier molecular flexibility index (Phi) is 7.81. The molecule has 0 unspecified atom stereocenters. The van der Waals surface area contributed by atoms with Gasteiger partial charge in [0.2, 0.25) is 5.91 Å². The minimum Gasteiger partial charge on any atom is -0.475 e. The fraction of sp³-hybridized carbons (Fsp3) is 0.522. The van der Waals surface area contributed by atoms with Crippen LogP contribution in [0.5, 0.6) is 0 Å². The van der Waals surface area contributed by atoms with Crippen LogP contribution in [0.3, 0.4) is 0 Å². The Morgan fingerprint density at radius 1 is 1.11 bits per heavy atom. The summed E-state index contributed by atoms with van der Waals surface area (Å²) in [5, 5.41) is 11.0. The van der Waals surface area contributed by atoms with Gasteiger partial charge in [0, 0.05) is 38.6 Å². The first kappa shape index (κ1) is 26.2. The first-order chi connectivity index (χ1) is 16.4. The maximum Gasteiger partial charge on any atom is 0.490 e. The van der Waals surface area contributed by atoms with Crippen LogP contribution in [-0.4, -0.2) is 75.2 Å². The molecule has 0 bridgehead atoms. The van der Waals surface area contributed by atoms with Crippen LogP contribution in [0.25, 0.3) is 0 Å². The van der Waals surface area contributed by atoms with Crippen LogP contribution in [0.15, 0.2) is 29.0 Å². The molecule has 4 heterocycles. The number of piperidine rings is 1. The van der Waals surface area contributed by atoms with E-state index in [4.69, 9.17) is 14.4 Å². The standard InChI is InChI=1S/C21H26N4O3.C2HF3O2/c1-15-19(16(2)28-23-15)20(27)25-11-7-21(14-25)5-9-24(10-6-21)18(26)12-17-4-3-8-22-13-17;3-2(4,5)1(6)7/h3-4,8,13H,5-7,9-12,14H2,1-2H3;(H,6,7). The lowest BCUT2D eigenvalue weighted by molar-refractivity contribution is -0.192. The van der Waals surface area contributed by atoms with Crippen molar-refractivity contribution in [2.45, 2.75) is 45.7 Å². The summed E-state index contributed by atoms with van der Waals surface area (Å²) in [6, 6.07) is 3.79. The number of hydrogen-bond donors (Lipinski definition) is 1. The molecule has 0 aliphatic carbocycles. The number of aromatic nitrogens is 2. The van der Waals surface area contributed by atoms with Gasteiger partial charge in [0.15, 0.2) is 0 Å². The molecule has 2 amide bonds. The minimum atomic E-state index is -5.08. The van der Waals surface area contributed by atoms with Gasteiger partial charge in [-0.05, 0) is 50.2 Å². The Balaban J connectivity index is 0.000000429. The van der Waals surface area contributed by atoms with Crippen molar-refractivity contribution < 1.29 is 37.2 Å². The molecule has 0 aromatic carbocycles. The molecule has 0 radical (unpaired) electrons. The molecule has 9 nitrogen and oxygen atoms in total. The molecule has 2 aromatic heterocycles. The summed E-state index contributed by atoms with van der Waals surface area (Å²) in [5.74, 6) is -2.00. The second kappa shape index (κ2) is 10.4. The first-order valence-electron chi connectivity index (χ1n) is 11.1. The Labute approximate surface area is 199 Å². The zero-order chi connectivity index (χ0) is 25.8. The van der Waals surface area contributed by atoms with Crippen molar-refractivity contribution in [3.05, 3.63) is 47.1 Å². The van der Waals surface area contributed by atoms with Crippen molar-refractivity contribution in [1.29, 1.82) is 0 Å². The summed E-state index contributed by atoms with van der Waals surface area (Å²) in [6.45, 7) is 6.61. The summed E-state index contributed by atoms with van der Waals surface area (Å²) in [5.41, 5.74) is 2.32. The van der Waals surface area contributed by atoms with Crippen molar-refractivity contribution in [3.63, 3.8) is 0 Å². The van der Waals surface area contributed by atoms with Crippen LogP contribution in [0.2, 0.25) is 0 Å². The van der Waals surface area contributed by atoms with Crippen LogP contribution < -0.4 is 0 Å². The number of carbonyl (C=O) groups is 3. The molecular weight excluding hydrogens is 469 g/mol. The number of alkyl halides is 3. The van der Waals surface area contributed by atoms with Gasteiger partial charge in [-0.15, -0.1) is 0 Å². The van der Waals surface area contributed by atoms with Gasteiger partial charge in [-0.3, -0.25) is 14.6 Å². The van der Waals surface area contributed by atoms with Crippen LogP contribution in [-0.2, 0) is 16.0 Å². The number of pyridine rings is 1. The molecule has 2 saturated heterocycles. The van der Waals surface area contributed by atoms with Gasteiger partial charge < -0.3 is 19.4 Å². The lowest BCUT2D eigenvalue weighted by atomic mass is 9.77. The SMILES string of the molecule is Cc1noc(C)c1C(=O)N1CCC2(CCN(C(=O)Cc3cccnc3)CC2)C1.O=C(O)C(F)(F)F. The van der Waals surface area contributed by atoms with Crippen molar-refractivity contribution in [3.8, 4) is 0 Å². The highest BCUT2D eigenvalue weighted by molar-refractivity contribution is 5.96. The van der Waals surface area contributed by atoms with Gasteiger partial charge in [-0.2, -0.15) is 13.2 Å². The number of halogens is 3. The van der Waals surface area contributed by atoms with E-state index in [1.807, 2.05) is 28.9 Å². The topological polar surface area (TPSA) is 117 Å². The third kappa shape index (κ3) is 6.37. The maximum atomic E-state index is 12.9. The molecule has 2 aliphatic heterocycles. The minimum absolute atomic E-state index is 0.0169. The molecule has 4 rings (SSSR count). The second-order valence-electron chi connectivity index (χ2n) is 8.90. The van der Waals surface area contributed by atoms with E-state index in [1.165, 1.54) is 0 Å². The van der Waals surface area contributed by atoms with Crippen LogP contribution in [0.1, 0.15) is 46.6 Å². The molecule has 1 spiro atoms. The van der Waals surface area contributed by atoms with Gasteiger partial charge in [-0.1, -0.05) is 11.2 Å². The number of carbonyl (C=O) groups excluding carboxylic acids is 2. The Hall–Kier alpha value is -3.44. The third-order valence-corrected chi connectivity index (χ3v) is 6.47. The average molecular weight is 496 g/mol. The van der Waals surface area contributed by atoms with E-state index in [0.717, 1.165) is 51.0 Å². The van der Waals surface area contributed by atoms with Gasteiger partial charge in [0.1, 0.15) is 11.3 Å². The van der Waals surface area contributed by atoms with E-state index in [-0.39, 0.29) is 17.2 Å². The highest BCUT2D eigenvalue weighted by Gasteiger charge is 2.43. The molecule has 2 aromatic rings. The van der Waals surface area contributed by atoms with Crippen molar-refractivity contribution in [2.24, 2.45) is 5.41 Å². The number of nitrogens with zero attached hydrogens (tertiary/aromatic N) is 4. The summed E-state index contributed by atoms with van der Waals surface area (Å²) >= 11 is 0. The number of carboxylic acid groups (broad SMARTS) is 1. The smallest absolute Gasteiger partial charge is 0.475 e. The molecule has 0 atom stereocenters. The third-order valence-electron chi connectivity index (χ3n) is 6.47. The highest BCUT2D eigenvalue weighted by Crippen LogP contribution is 2.41. The van der Waals surface area contributed by atoms with Crippen LogP contribution in [0.4, 0.5) is 13.2 Å². The number of amides is 2. The van der Waals surface area contributed by atoms with E-state index in [2.05, 4.69) is 10.1 Å². The lowest BCUT2D eigenvalue weighted by Crippen LogP contribution is -2.45. The largest absolute Gasteiger partial charge is 0.490 e. The van der Waals surface area contributed by atoms with E-state index >= 15 is 0 Å². The lowest BCUT2D eigenvalue weighted by Gasteiger charge is -2.39. The molecule has 190 valence electrons. The summed E-state index contributed by atoms with van der Waals surface area (Å²) in [6.07, 6.45) is 1.66. The molecule has 12 heteroatoms. The number of aryl methyl sites for hydroxylation is 2. The van der Waals surface area contributed by atoms with E-state index in [1.54, 1.807) is 19.3 Å². The fourth-order valence-corrected chi connectivity index (χ4v) is 4.48. The molecular formula is C23H27F3N4O5. The molecule has 0 saturated carbocycles. The number of rotatable bonds is 3. The van der Waals surface area contributed by atoms with Gasteiger partial charge >= 0.3 is 12.1 Å². The number of aliphatic carboxylic acids is 1. The van der Waals surface area contributed by atoms with Crippen molar-refractivity contribution >= 4 is 17.8 Å². The molecule has 35 heavy (non-hydrogen) atoms. The van der Waals surface area contributed by atoms with Gasteiger partial charge in [0.25, 0.3) is 5.91 Å². The molecule has 2 fully saturated rings. The number of likely N-dealkylation sites (tertiary alicyclic amines) is 2. The van der Waals surface area contributed by atoms with Crippen molar-refractivity contribution in [2.75, 3.05) is 26.2 Å².